The minimum atomic E-state index is -0.256. The molecule has 4 aromatic rings. The molecule has 140 valence electrons. The van der Waals surface area contributed by atoms with E-state index < -0.39 is 0 Å². The Morgan fingerprint density at radius 3 is 2.74 bits per heavy atom. The van der Waals surface area contributed by atoms with Crippen LogP contribution in [0.1, 0.15) is 31.2 Å². The summed E-state index contributed by atoms with van der Waals surface area (Å²) in [5, 5.41) is 4.29. The van der Waals surface area contributed by atoms with Crippen molar-refractivity contribution in [3.05, 3.63) is 53.5 Å². The number of H-pyrrole nitrogens is 1. The summed E-state index contributed by atoms with van der Waals surface area (Å²) in [6.45, 7) is 6.22. The Kier molecular flexibility index (Phi) is 4.60. The molecule has 0 aliphatic rings. The van der Waals surface area contributed by atoms with E-state index in [9.17, 15) is 4.39 Å². The first-order chi connectivity index (χ1) is 13.0. The number of nitrogens with one attached hydrogen (secondary N) is 2. The first-order valence-corrected chi connectivity index (χ1v) is 10.2. The van der Waals surface area contributed by atoms with Crippen LogP contribution in [0.2, 0.25) is 0 Å². The lowest BCUT2D eigenvalue weighted by atomic mass is 9.98. The smallest absolute Gasteiger partial charge is 0.201 e. The van der Waals surface area contributed by atoms with Crippen molar-refractivity contribution in [2.45, 2.75) is 31.7 Å². The highest BCUT2D eigenvalue weighted by Gasteiger charge is 2.24. The molecule has 0 spiro atoms. The number of benzene rings is 2. The first kappa shape index (κ1) is 17.9. The number of halogens is 1. The molecule has 0 bridgehead atoms. The van der Waals surface area contributed by atoms with Gasteiger partial charge in [-0.25, -0.2) is 9.37 Å². The van der Waals surface area contributed by atoms with E-state index >= 15 is 0 Å². The lowest BCUT2D eigenvalue weighted by Gasteiger charge is -2.20. The Labute approximate surface area is 161 Å². The van der Waals surface area contributed by atoms with E-state index in [-0.39, 0.29) is 17.8 Å². The molecule has 1 unspecified atom stereocenters. The number of nitrogens with zero attached hydrogens (tertiary/aromatic N) is 1. The van der Waals surface area contributed by atoms with Gasteiger partial charge in [0.15, 0.2) is 0 Å². The number of imidazole rings is 1. The van der Waals surface area contributed by atoms with Crippen LogP contribution in [0, 0.1) is 18.7 Å². The van der Waals surface area contributed by atoms with Crippen LogP contribution < -0.4 is 5.32 Å². The van der Waals surface area contributed by atoms with Crippen molar-refractivity contribution in [2.24, 2.45) is 5.92 Å². The van der Waals surface area contributed by atoms with Gasteiger partial charge in [-0.3, -0.25) is 0 Å². The topological polar surface area (TPSA) is 53.9 Å². The molecule has 0 fully saturated rings. The van der Waals surface area contributed by atoms with E-state index in [4.69, 9.17) is 4.42 Å². The Balaban J connectivity index is 1.72. The van der Waals surface area contributed by atoms with Crippen molar-refractivity contribution in [3.63, 3.8) is 0 Å². The van der Waals surface area contributed by atoms with E-state index in [1.807, 2.05) is 13.0 Å². The summed E-state index contributed by atoms with van der Waals surface area (Å²) in [6, 6.07) is 10.7. The Hall–Kier alpha value is -2.47. The summed E-state index contributed by atoms with van der Waals surface area (Å²) in [5.41, 5.74) is 3.57. The van der Waals surface area contributed by atoms with Gasteiger partial charge < -0.3 is 14.7 Å². The molecular formula is C21H22FN3OS. The van der Waals surface area contributed by atoms with Gasteiger partial charge >= 0.3 is 0 Å². The number of hydrogen-bond donors (Lipinski definition) is 2. The van der Waals surface area contributed by atoms with Gasteiger partial charge in [0, 0.05) is 15.8 Å². The highest BCUT2D eigenvalue weighted by atomic mass is 32.2. The minimum absolute atomic E-state index is 0.0824. The predicted octanol–water partition coefficient (Wildman–Crippen LogP) is 6.29. The average Bonchev–Trinajstić information content (AvgIpc) is 3.19. The van der Waals surface area contributed by atoms with Crippen LogP contribution >= 0.6 is 11.8 Å². The molecule has 0 saturated heterocycles. The van der Waals surface area contributed by atoms with Crippen LogP contribution in [-0.4, -0.2) is 16.2 Å². The zero-order valence-electron chi connectivity index (χ0n) is 15.8. The van der Waals surface area contributed by atoms with Gasteiger partial charge in [-0.1, -0.05) is 13.8 Å². The molecule has 27 heavy (non-hydrogen) atoms. The van der Waals surface area contributed by atoms with Crippen LogP contribution in [0.5, 0.6) is 0 Å². The van der Waals surface area contributed by atoms with Gasteiger partial charge in [-0.15, -0.1) is 11.8 Å². The minimum Gasteiger partial charge on any atom is -0.459 e. The largest absolute Gasteiger partial charge is 0.459 e. The molecule has 6 heteroatoms. The zero-order valence-corrected chi connectivity index (χ0v) is 16.6. The van der Waals surface area contributed by atoms with Crippen LogP contribution in [-0.2, 0) is 0 Å². The summed E-state index contributed by atoms with van der Waals surface area (Å²) in [7, 11) is 0. The maximum Gasteiger partial charge on any atom is 0.201 e. The van der Waals surface area contributed by atoms with Gasteiger partial charge in [0.25, 0.3) is 0 Å². The number of thioether (sulfide) groups is 1. The summed E-state index contributed by atoms with van der Waals surface area (Å²) in [6.07, 6.45) is 2.05. The Morgan fingerprint density at radius 1 is 1.19 bits per heavy atom. The van der Waals surface area contributed by atoms with Gasteiger partial charge in [0.05, 0.1) is 17.1 Å². The molecule has 0 saturated carbocycles. The quantitative estimate of drug-likeness (QED) is 0.398. The predicted molar refractivity (Wildman–Crippen MR) is 110 cm³/mol. The molecule has 1 atom stereocenters. The Bertz CT molecular complexity index is 1120. The second-order valence-corrected chi connectivity index (χ2v) is 7.95. The number of aryl methyl sites for hydroxylation is 1. The van der Waals surface area contributed by atoms with Crippen molar-refractivity contribution in [3.8, 4) is 0 Å². The number of aromatic nitrogens is 2. The van der Waals surface area contributed by atoms with Crippen molar-refractivity contribution >= 4 is 39.7 Å². The molecular weight excluding hydrogens is 361 g/mol. The molecule has 0 aliphatic heterocycles. The molecule has 2 heterocycles. The number of fused-ring (bicyclic) bond motifs is 2. The molecule has 0 aliphatic carbocycles. The number of anilines is 1. The zero-order chi connectivity index (χ0) is 19.1. The molecule has 2 aromatic heterocycles. The van der Waals surface area contributed by atoms with E-state index in [1.54, 1.807) is 17.8 Å². The average molecular weight is 383 g/mol. The van der Waals surface area contributed by atoms with Crippen molar-refractivity contribution in [2.75, 3.05) is 11.6 Å². The third kappa shape index (κ3) is 3.30. The fraction of sp³-hybridized carbons (Fsp3) is 0.286. The van der Waals surface area contributed by atoms with Gasteiger partial charge in [-0.2, -0.15) is 0 Å². The summed E-state index contributed by atoms with van der Waals surface area (Å²) in [5.74, 6) is 1.52. The maximum atomic E-state index is 13.6. The number of furan rings is 1. The Morgan fingerprint density at radius 2 is 2.00 bits per heavy atom. The monoisotopic (exact) mass is 383 g/mol. The standard InChI is InChI=1S/C21H22FN3OS/c1-11(2)19(20-12(3)15-9-13(22)5-8-18(15)26-20)25-21-23-16-7-6-14(27-4)10-17(16)24-21/h5-11,19H,1-4H3,(H2,23,24,25). The second-order valence-electron chi connectivity index (χ2n) is 7.07. The van der Waals surface area contributed by atoms with E-state index in [1.165, 1.54) is 17.0 Å². The number of aromatic amines is 1. The molecule has 2 N–H and O–H groups in total. The van der Waals surface area contributed by atoms with Crippen LogP contribution in [0.4, 0.5) is 10.3 Å². The van der Waals surface area contributed by atoms with Gasteiger partial charge in [-0.05, 0) is 55.5 Å². The summed E-state index contributed by atoms with van der Waals surface area (Å²) < 4.78 is 19.7. The van der Waals surface area contributed by atoms with Gasteiger partial charge in [0.1, 0.15) is 17.2 Å². The fourth-order valence-corrected chi connectivity index (χ4v) is 3.81. The van der Waals surface area contributed by atoms with E-state index in [0.717, 1.165) is 27.7 Å². The molecule has 0 amide bonds. The fourth-order valence-electron chi connectivity index (χ4n) is 3.38. The summed E-state index contributed by atoms with van der Waals surface area (Å²) in [4.78, 5) is 9.19. The van der Waals surface area contributed by atoms with E-state index in [2.05, 4.69) is 47.5 Å². The van der Waals surface area contributed by atoms with Crippen LogP contribution in [0.15, 0.2) is 45.7 Å². The highest BCUT2D eigenvalue weighted by Crippen LogP contribution is 2.35. The third-order valence-electron chi connectivity index (χ3n) is 4.87. The highest BCUT2D eigenvalue weighted by molar-refractivity contribution is 7.98. The normalized spacial score (nSPS) is 13.0. The first-order valence-electron chi connectivity index (χ1n) is 8.95. The molecule has 2 aromatic carbocycles. The summed E-state index contributed by atoms with van der Waals surface area (Å²) >= 11 is 1.70. The third-order valence-corrected chi connectivity index (χ3v) is 5.59. The SMILES string of the molecule is CSc1ccc2nc(NC(c3oc4ccc(F)cc4c3C)C(C)C)[nH]c2c1. The van der Waals surface area contributed by atoms with E-state index in [0.29, 0.717) is 11.5 Å². The van der Waals surface area contributed by atoms with Crippen LogP contribution in [0.3, 0.4) is 0 Å². The van der Waals surface area contributed by atoms with Gasteiger partial charge in [0.2, 0.25) is 5.95 Å². The van der Waals surface area contributed by atoms with Crippen molar-refractivity contribution < 1.29 is 8.81 Å². The number of rotatable bonds is 5. The lowest BCUT2D eigenvalue weighted by Crippen LogP contribution is -2.17. The maximum absolute atomic E-state index is 13.6. The van der Waals surface area contributed by atoms with Crippen LogP contribution in [0.25, 0.3) is 22.0 Å². The van der Waals surface area contributed by atoms with Crippen molar-refractivity contribution in [1.82, 2.24) is 9.97 Å². The lowest BCUT2D eigenvalue weighted by molar-refractivity contribution is 0.435. The van der Waals surface area contributed by atoms with Crippen molar-refractivity contribution in [1.29, 1.82) is 0 Å². The molecule has 0 radical (unpaired) electrons. The second kappa shape index (κ2) is 6.93. The number of hydrogen-bond acceptors (Lipinski definition) is 4. The molecule has 4 nitrogen and oxygen atoms in total. The molecule has 4 rings (SSSR count).